The first kappa shape index (κ1) is 29.6. The van der Waals surface area contributed by atoms with E-state index in [4.69, 9.17) is 14.2 Å². The Balaban J connectivity index is 2.39. The molecule has 1 unspecified atom stereocenters. The molecule has 3 atom stereocenters. The Bertz CT molecular complexity index is 1020. The third kappa shape index (κ3) is 9.73. The van der Waals surface area contributed by atoms with E-state index in [0.717, 1.165) is 11.1 Å². The highest BCUT2D eigenvalue weighted by Gasteiger charge is 2.38. The Morgan fingerprint density at radius 3 is 2.08 bits per heavy atom. The lowest BCUT2D eigenvalue weighted by molar-refractivity contribution is -0.156. The van der Waals surface area contributed by atoms with Crippen LogP contribution in [-0.4, -0.2) is 54.3 Å². The topological polar surface area (TPSA) is 94.2 Å². The Morgan fingerprint density at radius 2 is 1.57 bits per heavy atom. The van der Waals surface area contributed by atoms with Crippen molar-refractivity contribution in [3.05, 3.63) is 84.4 Å². The van der Waals surface area contributed by atoms with Gasteiger partial charge in [0.25, 0.3) is 0 Å². The monoisotopic (exact) mass is 510 g/mol. The van der Waals surface area contributed by atoms with Crippen molar-refractivity contribution in [2.24, 2.45) is 5.92 Å². The number of carbonyl (C=O) groups is 3. The van der Waals surface area contributed by atoms with Crippen molar-refractivity contribution in [3.63, 3.8) is 0 Å². The standard InChI is InChI=1S/C29H38N2O6/c1-7-21(2)25(27(33)35-6)31(18-22-14-10-8-11-15-22)26(32)24(30-28(34)37-29(3,4)5)20-36-19-23-16-12-9-13-17-23/h7-17,21,24-25H,1,18-20H2,2-6H3,(H,30,34)/t21?,24-,25+/m0/s1. The highest BCUT2D eigenvalue weighted by molar-refractivity contribution is 5.90. The highest BCUT2D eigenvalue weighted by Crippen LogP contribution is 2.20. The zero-order valence-electron chi connectivity index (χ0n) is 22.3. The minimum Gasteiger partial charge on any atom is -0.467 e. The van der Waals surface area contributed by atoms with Gasteiger partial charge in [0.05, 0.1) is 20.3 Å². The predicted molar refractivity (Wildman–Crippen MR) is 141 cm³/mol. The molecule has 1 N–H and O–H groups in total. The van der Waals surface area contributed by atoms with E-state index in [0.29, 0.717) is 0 Å². The second-order valence-corrected chi connectivity index (χ2v) is 9.71. The number of benzene rings is 2. The number of amides is 2. The number of rotatable bonds is 12. The first-order valence-corrected chi connectivity index (χ1v) is 12.2. The molecule has 2 aromatic carbocycles. The van der Waals surface area contributed by atoms with E-state index >= 15 is 0 Å². The molecule has 8 nitrogen and oxygen atoms in total. The predicted octanol–water partition coefficient (Wildman–Crippen LogP) is 4.49. The molecule has 0 bridgehead atoms. The number of esters is 1. The Morgan fingerprint density at radius 1 is 1.00 bits per heavy atom. The van der Waals surface area contributed by atoms with Crippen molar-refractivity contribution < 1.29 is 28.6 Å². The molecular weight excluding hydrogens is 472 g/mol. The lowest BCUT2D eigenvalue weighted by Crippen LogP contribution is -2.57. The summed E-state index contributed by atoms with van der Waals surface area (Å²) in [6.45, 7) is 11.0. The number of hydrogen-bond donors (Lipinski definition) is 1. The molecule has 2 aromatic rings. The first-order chi connectivity index (χ1) is 17.6. The molecular formula is C29H38N2O6. The van der Waals surface area contributed by atoms with Crippen LogP contribution < -0.4 is 5.32 Å². The summed E-state index contributed by atoms with van der Waals surface area (Å²) in [6.07, 6.45) is 0.829. The quantitative estimate of drug-likeness (QED) is 0.334. The van der Waals surface area contributed by atoms with Gasteiger partial charge in [-0.1, -0.05) is 73.7 Å². The fourth-order valence-electron chi connectivity index (χ4n) is 3.66. The normalized spacial score (nSPS) is 13.5. The van der Waals surface area contributed by atoms with Crippen LogP contribution in [0.4, 0.5) is 4.79 Å². The lowest BCUT2D eigenvalue weighted by atomic mass is 9.98. The SMILES string of the molecule is C=CC(C)[C@H](C(=O)OC)N(Cc1ccccc1)C(=O)[C@H](COCc1ccccc1)NC(=O)OC(C)(C)C. The summed E-state index contributed by atoms with van der Waals surface area (Å²) in [7, 11) is 1.27. The molecule has 8 heteroatoms. The van der Waals surface area contributed by atoms with Crippen LogP contribution in [0.2, 0.25) is 0 Å². The van der Waals surface area contributed by atoms with Gasteiger partial charge >= 0.3 is 12.1 Å². The lowest BCUT2D eigenvalue weighted by Gasteiger charge is -2.35. The number of ether oxygens (including phenoxy) is 3. The molecule has 2 rings (SSSR count). The van der Waals surface area contributed by atoms with Gasteiger partial charge in [-0.3, -0.25) is 4.79 Å². The molecule has 0 spiro atoms. The summed E-state index contributed by atoms with van der Waals surface area (Å²) < 4.78 is 16.3. The number of nitrogens with zero attached hydrogens (tertiary/aromatic N) is 1. The minimum atomic E-state index is -1.12. The molecule has 0 radical (unpaired) electrons. The van der Waals surface area contributed by atoms with Crippen molar-refractivity contribution in [2.75, 3.05) is 13.7 Å². The molecule has 0 heterocycles. The molecule has 2 amide bonds. The van der Waals surface area contributed by atoms with Gasteiger partial charge in [0.15, 0.2) is 0 Å². The first-order valence-electron chi connectivity index (χ1n) is 12.2. The van der Waals surface area contributed by atoms with Gasteiger partial charge in [-0.2, -0.15) is 0 Å². The Labute approximate surface area is 219 Å². The van der Waals surface area contributed by atoms with Gasteiger partial charge in [-0.05, 0) is 31.9 Å². The van der Waals surface area contributed by atoms with Crippen LogP contribution in [0.3, 0.4) is 0 Å². The summed E-state index contributed by atoms with van der Waals surface area (Å²) in [5, 5.41) is 2.64. The van der Waals surface area contributed by atoms with Crippen molar-refractivity contribution in [1.82, 2.24) is 10.2 Å². The maximum absolute atomic E-state index is 14.0. The van der Waals surface area contributed by atoms with E-state index < -0.39 is 41.6 Å². The molecule has 0 aliphatic rings. The van der Waals surface area contributed by atoms with Gasteiger partial charge < -0.3 is 24.4 Å². The summed E-state index contributed by atoms with van der Waals surface area (Å²) in [5.41, 5.74) is 0.958. The maximum Gasteiger partial charge on any atom is 0.408 e. The van der Waals surface area contributed by atoms with E-state index in [-0.39, 0.29) is 19.8 Å². The van der Waals surface area contributed by atoms with Crippen molar-refractivity contribution in [2.45, 2.75) is 58.5 Å². The van der Waals surface area contributed by atoms with Crippen LogP contribution >= 0.6 is 0 Å². The second kappa shape index (κ2) is 14.2. The maximum atomic E-state index is 14.0. The number of methoxy groups -OCH3 is 1. The van der Waals surface area contributed by atoms with Crippen molar-refractivity contribution >= 4 is 18.0 Å². The third-order valence-electron chi connectivity index (χ3n) is 5.51. The van der Waals surface area contributed by atoms with Crippen LogP contribution in [0.25, 0.3) is 0 Å². The van der Waals surface area contributed by atoms with Crippen LogP contribution in [0.1, 0.15) is 38.8 Å². The van der Waals surface area contributed by atoms with Crippen LogP contribution in [-0.2, 0) is 37.0 Å². The molecule has 0 fully saturated rings. The van der Waals surface area contributed by atoms with Gasteiger partial charge in [0.1, 0.15) is 17.7 Å². The average molecular weight is 511 g/mol. The molecule has 0 saturated carbocycles. The molecule has 37 heavy (non-hydrogen) atoms. The van der Waals surface area contributed by atoms with Gasteiger partial charge in [-0.25, -0.2) is 9.59 Å². The average Bonchev–Trinajstić information content (AvgIpc) is 2.87. The number of carbonyl (C=O) groups excluding carboxylic acids is 3. The summed E-state index contributed by atoms with van der Waals surface area (Å²) in [4.78, 5) is 41.0. The molecule has 0 aliphatic carbocycles. The molecule has 0 aliphatic heterocycles. The van der Waals surface area contributed by atoms with E-state index in [1.807, 2.05) is 60.7 Å². The summed E-state index contributed by atoms with van der Waals surface area (Å²) >= 11 is 0. The second-order valence-electron chi connectivity index (χ2n) is 9.71. The van der Waals surface area contributed by atoms with E-state index in [9.17, 15) is 14.4 Å². The van der Waals surface area contributed by atoms with Crippen molar-refractivity contribution in [1.29, 1.82) is 0 Å². The number of hydrogen-bond acceptors (Lipinski definition) is 6. The summed E-state index contributed by atoms with van der Waals surface area (Å²) in [6, 6.07) is 16.7. The van der Waals surface area contributed by atoms with E-state index in [2.05, 4.69) is 11.9 Å². The zero-order valence-corrected chi connectivity index (χ0v) is 22.3. The van der Waals surface area contributed by atoms with Crippen molar-refractivity contribution in [3.8, 4) is 0 Å². The summed E-state index contributed by atoms with van der Waals surface area (Å²) in [5.74, 6) is -1.52. The molecule has 0 saturated heterocycles. The zero-order chi connectivity index (χ0) is 27.4. The number of nitrogens with one attached hydrogen (secondary N) is 1. The van der Waals surface area contributed by atoms with Crippen LogP contribution in [0.15, 0.2) is 73.3 Å². The fourth-order valence-corrected chi connectivity index (χ4v) is 3.66. The van der Waals surface area contributed by atoms with Crippen LogP contribution in [0, 0.1) is 5.92 Å². The number of alkyl carbamates (subject to hydrolysis) is 1. The van der Waals surface area contributed by atoms with Gasteiger partial charge in [0.2, 0.25) is 5.91 Å². The third-order valence-corrected chi connectivity index (χ3v) is 5.51. The minimum absolute atomic E-state index is 0.114. The molecule has 200 valence electrons. The molecule has 0 aromatic heterocycles. The van der Waals surface area contributed by atoms with E-state index in [1.54, 1.807) is 33.8 Å². The van der Waals surface area contributed by atoms with Crippen LogP contribution in [0.5, 0.6) is 0 Å². The van der Waals surface area contributed by atoms with E-state index in [1.165, 1.54) is 12.0 Å². The van der Waals surface area contributed by atoms with Gasteiger partial charge in [0, 0.05) is 12.5 Å². The largest absolute Gasteiger partial charge is 0.467 e. The Hall–Kier alpha value is -3.65. The fraction of sp³-hybridized carbons (Fsp3) is 0.414. The highest BCUT2D eigenvalue weighted by atomic mass is 16.6. The van der Waals surface area contributed by atoms with Gasteiger partial charge in [-0.15, -0.1) is 6.58 Å². The Kier molecular flexibility index (Phi) is 11.3. The smallest absolute Gasteiger partial charge is 0.408 e.